The molecule has 1 aromatic rings. The molecule has 2 aliphatic rings. The molecule has 20 heavy (non-hydrogen) atoms. The van der Waals surface area contributed by atoms with E-state index in [1.165, 1.54) is 5.75 Å². The lowest BCUT2D eigenvalue weighted by atomic mass is 9.80. The highest BCUT2D eigenvalue weighted by Crippen LogP contribution is 2.44. The van der Waals surface area contributed by atoms with E-state index >= 15 is 0 Å². The van der Waals surface area contributed by atoms with Gasteiger partial charge in [0.2, 0.25) is 5.88 Å². The zero-order valence-corrected chi connectivity index (χ0v) is 12.6. The van der Waals surface area contributed by atoms with Crippen molar-refractivity contribution >= 4 is 11.8 Å². The number of aromatic nitrogens is 1. The van der Waals surface area contributed by atoms with Gasteiger partial charge in [-0.05, 0) is 43.1 Å². The Balaban J connectivity index is 1.77. The third-order valence-corrected chi connectivity index (χ3v) is 5.58. The van der Waals surface area contributed by atoms with Gasteiger partial charge in [-0.25, -0.2) is 4.98 Å². The Kier molecular flexibility index (Phi) is 4.19. The Morgan fingerprint density at radius 1 is 1.60 bits per heavy atom. The molecule has 1 N–H and O–H groups in total. The fraction of sp³-hybridized carbons (Fsp3) is 0.667. The van der Waals surface area contributed by atoms with E-state index in [-0.39, 0.29) is 11.5 Å². The normalized spacial score (nSPS) is 31.4. The Morgan fingerprint density at radius 3 is 3.25 bits per heavy atom. The van der Waals surface area contributed by atoms with Gasteiger partial charge in [0.05, 0.1) is 18.8 Å². The summed E-state index contributed by atoms with van der Waals surface area (Å²) in [4.78, 5) is 4.18. The molecule has 2 fully saturated rings. The van der Waals surface area contributed by atoms with Gasteiger partial charge < -0.3 is 14.6 Å². The van der Waals surface area contributed by atoms with Crippen LogP contribution in [0.15, 0.2) is 18.3 Å². The summed E-state index contributed by atoms with van der Waals surface area (Å²) in [6.07, 6.45) is 4.09. The molecular formula is C15H21NO3S. The maximum atomic E-state index is 10.7. The number of nitrogens with zero attached hydrogens (tertiary/aromatic N) is 1. The molecule has 1 spiro atoms. The highest BCUT2D eigenvalue weighted by molar-refractivity contribution is 7.99. The van der Waals surface area contributed by atoms with Crippen molar-refractivity contribution in [1.29, 1.82) is 0 Å². The number of methoxy groups -OCH3 is 1. The number of hydrogen-bond acceptors (Lipinski definition) is 5. The molecule has 0 amide bonds. The molecule has 3 atom stereocenters. The zero-order valence-electron chi connectivity index (χ0n) is 11.7. The molecule has 2 saturated heterocycles. The van der Waals surface area contributed by atoms with Crippen LogP contribution in [0, 0.1) is 5.92 Å². The summed E-state index contributed by atoms with van der Waals surface area (Å²) in [6.45, 7) is 0.741. The Hall–Kier alpha value is -0.780. The summed E-state index contributed by atoms with van der Waals surface area (Å²) < 4.78 is 11.3. The van der Waals surface area contributed by atoms with E-state index in [1.807, 2.05) is 23.9 Å². The van der Waals surface area contributed by atoms with Gasteiger partial charge in [-0.2, -0.15) is 11.8 Å². The maximum absolute atomic E-state index is 10.7. The summed E-state index contributed by atoms with van der Waals surface area (Å²) in [5.74, 6) is 2.97. The first kappa shape index (κ1) is 14.2. The summed E-state index contributed by atoms with van der Waals surface area (Å²) in [7, 11) is 1.59. The van der Waals surface area contributed by atoms with Crippen molar-refractivity contribution in [3.8, 4) is 5.88 Å². The molecular weight excluding hydrogens is 274 g/mol. The van der Waals surface area contributed by atoms with Crippen molar-refractivity contribution in [3.05, 3.63) is 23.9 Å². The Labute approximate surface area is 123 Å². The summed E-state index contributed by atoms with van der Waals surface area (Å²) in [5, 5.41) is 10.7. The molecule has 1 aromatic heterocycles. The topological polar surface area (TPSA) is 51.6 Å². The second kappa shape index (κ2) is 5.92. The van der Waals surface area contributed by atoms with Crippen molar-refractivity contribution in [2.75, 3.05) is 25.2 Å². The van der Waals surface area contributed by atoms with Crippen LogP contribution in [-0.4, -0.2) is 40.9 Å². The molecule has 2 aliphatic heterocycles. The third-order valence-electron chi connectivity index (χ3n) is 4.36. The number of rotatable bonds is 3. The van der Waals surface area contributed by atoms with E-state index in [0.29, 0.717) is 5.88 Å². The van der Waals surface area contributed by atoms with Crippen molar-refractivity contribution in [2.24, 2.45) is 5.92 Å². The predicted molar refractivity (Wildman–Crippen MR) is 79.1 cm³/mol. The highest BCUT2D eigenvalue weighted by Gasteiger charge is 2.42. The number of ether oxygens (including phenoxy) is 2. The first-order chi connectivity index (χ1) is 9.74. The number of aliphatic hydroxyl groups is 1. The smallest absolute Gasteiger partial charge is 0.218 e. The largest absolute Gasteiger partial charge is 0.481 e. The van der Waals surface area contributed by atoms with Crippen LogP contribution in [0.5, 0.6) is 5.88 Å². The molecule has 4 nitrogen and oxygen atoms in total. The van der Waals surface area contributed by atoms with Crippen molar-refractivity contribution in [1.82, 2.24) is 4.98 Å². The zero-order chi connectivity index (χ0) is 14.0. The van der Waals surface area contributed by atoms with Crippen molar-refractivity contribution < 1.29 is 14.6 Å². The molecule has 3 unspecified atom stereocenters. The van der Waals surface area contributed by atoms with E-state index < -0.39 is 6.10 Å². The molecule has 0 aliphatic carbocycles. The minimum absolute atomic E-state index is 0.00991. The van der Waals surface area contributed by atoms with Crippen LogP contribution in [0.1, 0.15) is 30.9 Å². The lowest BCUT2D eigenvalue weighted by Crippen LogP contribution is -2.41. The van der Waals surface area contributed by atoms with Crippen LogP contribution in [-0.2, 0) is 4.74 Å². The highest BCUT2D eigenvalue weighted by atomic mass is 32.2. The van der Waals surface area contributed by atoms with Crippen molar-refractivity contribution in [3.63, 3.8) is 0 Å². The monoisotopic (exact) mass is 295 g/mol. The third kappa shape index (κ3) is 2.67. The minimum atomic E-state index is -0.523. The first-order valence-electron chi connectivity index (χ1n) is 7.13. The van der Waals surface area contributed by atoms with E-state index in [9.17, 15) is 5.11 Å². The fourth-order valence-electron chi connectivity index (χ4n) is 3.25. The van der Waals surface area contributed by atoms with Crippen LogP contribution in [0.2, 0.25) is 0 Å². The first-order valence-corrected chi connectivity index (χ1v) is 8.28. The van der Waals surface area contributed by atoms with Crippen LogP contribution < -0.4 is 4.74 Å². The van der Waals surface area contributed by atoms with Gasteiger partial charge in [-0.3, -0.25) is 0 Å². The lowest BCUT2D eigenvalue weighted by Gasteiger charge is -2.39. The predicted octanol–water partition coefficient (Wildman–Crippen LogP) is 2.43. The summed E-state index contributed by atoms with van der Waals surface area (Å²) in [6, 6.07) is 3.75. The van der Waals surface area contributed by atoms with Gasteiger partial charge in [-0.15, -0.1) is 0 Å². The molecule has 3 rings (SSSR count). The van der Waals surface area contributed by atoms with Gasteiger partial charge in [0, 0.05) is 24.1 Å². The quantitative estimate of drug-likeness (QED) is 0.928. The van der Waals surface area contributed by atoms with Gasteiger partial charge in [0.1, 0.15) is 0 Å². The number of hydrogen-bond donors (Lipinski definition) is 1. The van der Waals surface area contributed by atoms with Crippen molar-refractivity contribution in [2.45, 2.75) is 31.0 Å². The molecule has 110 valence electrons. The van der Waals surface area contributed by atoms with Gasteiger partial charge in [0.15, 0.2) is 0 Å². The fourth-order valence-corrected chi connectivity index (χ4v) is 4.63. The van der Waals surface area contributed by atoms with Crippen LogP contribution in [0.3, 0.4) is 0 Å². The van der Waals surface area contributed by atoms with Gasteiger partial charge >= 0.3 is 0 Å². The minimum Gasteiger partial charge on any atom is -0.481 e. The molecule has 0 aromatic carbocycles. The average Bonchev–Trinajstić information content (AvgIpc) is 2.94. The number of thioether (sulfide) groups is 1. The lowest BCUT2D eigenvalue weighted by molar-refractivity contribution is -0.102. The SMILES string of the molecule is COc1ncccc1C(O)C1CCOC2(CCSC2)C1. The van der Waals surface area contributed by atoms with E-state index in [0.717, 1.165) is 37.2 Å². The molecule has 0 radical (unpaired) electrons. The standard InChI is InChI=1S/C15H21NO3S/c1-18-14-12(3-2-6-16-14)13(17)11-4-7-19-15(9-11)5-8-20-10-15/h2-3,6,11,13,17H,4-5,7-10H2,1H3. The average molecular weight is 295 g/mol. The van der Waals surface area contributed by atoms with Gasteiger partial charge in [0.25, 0.3) is 0 Å². The van der Waals surface area contributed by atoms with Crippen LogP contribution >= 0.6 is 11.8 Å². The Bertz CT molecular complexity index is 462. The second-order valence-electron chi connectivity index (χ2n) is 5.63. The van der Waals surface area contributed by atoms with E-state index in [4.69, 9.17) is 9.47 Å². The summed E-state index contributed by atoms with van der Waals surface area (Å²) in [5.41, 5.74) is 0.784. The number of aliphatic hydroxyl groups excluding tert-OH is 1. The second-order valence-corrected chi connectivity index (χ2v) is 6.74. The van der Waals surface area contributed by atoms with Crippen LogP contribution in [0.25, 0.3) is 0 Å². The molecule has 0 saturated carbocycles. The Morgan fingerprint density at radius 2 is 2.50 bits per heavy atom. The maximum Gasteiger partial charge on any atom is 0.218 e. The van der Waals surface area contributed by atoms with Crippen LogP contribution in [0.4, 0.5) is 0 Å². The van der Waals surface area contributed by atoms with E-state index in [1.54, 1.807) is 13.3 Å². The number of pyridine rings is 1. The molecule has 3 heterocycles. The molecule has 0 bridgehead atoms. The van der Waals surface area contributed by atoms with Gasteiger partial charge in [-0.1, -0.05) is 0 Å². The van der Waals surface area contributed by atoms with E-state index in [2.05, 4.69) is 4.98 Å². The molecule has 5 heteroatoms. The summed E-state index contributed by atoms with van der Waals surface area (Å²) >= 11 is 1.95.